The smallest absolute Gasteiger partial charge is 0.306 e. The summed E-state index contributed by atoms with van der Waals surface area (Å²) >= 11 is 0. The van der Waals surface area contributed by atoms with Gasteiger partial charge >= 0.3 is 17.9 Å². The molecule has 0 bridgehead atoms. The molecule has 0 aliphatic heterocycles. The largest absolute Gasteiger partial charge is 0.462 e. The Morgan fingerprint density at radius 1 is 0.269 bits per heavy atom. The van der Waals surface area contributed by atoms with Crippen LogP contribution in [0, 0.1) is 0 Å². The van der Waals surface area contributed by atoms with E-state index < -0.39 is 6.10 Å². The van der Waals surface area contributed by atoms with E-state index in [0.717, 1.165) is 96.3 Å². The Kier molecular flexibility index (Phi) is 64.2. The zero-order valence-corrected chi connectivity index (χ0v) is 52.2. The first-order chi connectivity index (χ1) is 38.5. The van der Waals surface area contributed by atoms with Crippen molar-refractivity contribution in [2.45, 2.75) is 367 Å². The summed E-state index contributed by atoms with van der Waals surface area (Å²) in [6, 6.07) is 0. The van der Waals surface area contributed by atoms with Gasteiger partial charge in [0.1, 0.15) is 13.2 Å². The fourth-order valence-electron chi connectivity index (χ4n) is 10.1. The van der Waals surface area contributed by atoms with Crippen molar-refractivity contribution in [3.63, 3.8) is 0 Å². The van der Waals surface area contributed by atoms with Gasteiger partial charge < -0.3 is 14.2 Å². The molecule has 0 aromatic rings. The molecule has 0 aliphatic rings. The van der Waals surface area contributed by atoms with Gasteiger partial charge in [0.25, 0.3) is 0 Å². The summed E-state index contributed by atoms with van der Waals surface area (Å²) < 4.78 is 16.9. The Morgan fingerprint density at radius 3 is 0.808 bits per heavy atom. The third kappa shape index (κ3) is 63.9. The molecule has 0 saturated carbocycles. The van der Waals surface area contributed by atoms with Crippen LogP contribution in [0.2, 0.25) is 0 Å². The lowest BCUT2D eigenvalue weighted by Crippen LogP contribution is -2.30. The van der Waals surface area contributed by atoms with E-state index in [1.807, 2.05) is 0 Å². The van der Waals surface area contributed by atoms with Gasteiger partial charge in [0.05, 0.1) is 0 Å². The van der Waals surface area contributed by atoms with Gasteiger partial charge in [0.15, 0.2) is 6.10 Å². The van der Waals surface area contributed by atoms with Crippen molar-refractivity contribution in [3.05, 3.63) is 60.8 Å². The second-order valence-corrected chi connectivity index (χ2v) is 23.1. The fourth-order valence-corrected chi connectivity index (χ4v) is 10.1. The highest BCUT2D eigenvalue weighted by Crippen LogP contribution is 2.18. The number of carbonyl (C=O) groups excluding carboxylic acids is 3. The van der Waals surface area contributed by atoms with Crippen LogP contribution in [0.15, 0.2) is 60.8 Å². The van der Waals surface area contributed by atoms with E-state index in [9.17, 15) is 14.4 Å². The zero-order chi connectivity index (χ0) is 56.4. The maximum absolute atomic E-state index is 12.9. The molecule has 0 radical (unpaired) electrons. The number of rotatable bonds is 63. The molecule has 0 rings (SSSR count). The summed E-state index contributed by atoms with van der Waals surface area (Å²) in [7, 11) is 0. The SMILES string of the molecule is CC/C=C\C/C=C\C/C=C\CCCCCC(=O)OCC(COC(=O)CCCCCCCCCCCCCCCCCCCCC/C=C\CCCCCCCCCC)OC(=O)CCCCCCC/C=C\CCCCCCCCC. The van der Waals surface area contributed by atoms with Crippen LogP contribution >= 0.6 is 0 Å². The predicted molar refractivity (Wildman–Crippen MR) is 339 cm³/mol. The molecule has 0 aromatic carbocycles. The molecule has 0 saturated heterocycles. The van der Waals surface area contributed by atoms with Crippen LogP contribution in [0.4, 0.5) is 0 Å². The molecule has 6 heteroatoms. The van der Waals surface area contributed by atoms with Crippen LogP contribution in [0.1, 0.15) is 361 Å². The van der Waals surface area contributed by atoms with E-state index in [1.54, 1.807) is 0 Å². The highest BCUT2D eigenvalue weighted by Gasteiger charge is 2.19. The highest BCUT2D eigenvalue weighted by molar-refractivity contribution is 5.71. The van der Waals surface area contributed by atoms with Crippen molar-refractivity contribution in [2.24, 2.45) is 0 Å². The molecule has 1 unspecified atom stereocenters. The molecular weight excluding hydrogens is 961 g/mol. The molecule has 0 heterocycles. The molecular formula is C72H130O6. The molecule has 0 aromatic heterocycles. The first kappa shape index (κ1) is 75.1. The molecule has 78 heavy (non-hydrogen) atoms. The third-order valence-electron chi connectivity index (χ3n) is 15.2. The van der Waals surface area contributed by atoms with Crippen LogP contribution in [-0.2, 0) is 28.6 Å². The van der Waals surface area contributed by atoms with E-state index in [-0.39, 0.29) is 31.1 Å². The monoisotopic (exact) mass is 1090 g/mol. The molecule has 0 spiro atoms. The summed E-state index contributed by atoms with van der Waals surface area (Å²) in [6.07, 6.45) is 85.5. The first-order valence-electron chi connectivity index (χ1n) is 34.3. The normalized spacial score (nSPS) is 12.4. The Bertz CT molecular complexity index is 1390. The van der Waals surface area contributed by atoms with Gasteiger partial charge in [0.2, 0.25) is 0 Å². The van der Waals surface area contributed by atoms with Crippen molar-refractivity contribution in [2.75, 3.05) is 13.2 Å². The fraction of sp³-hybridized carbons (Fsp3) is 0.819. The Balaban J connectivity index is 4.16. The number of carbonyl (C=O) groups is 3. The molecule has 0 N–H and O–H groups in total. The van der Waals surface area contributed by atoms with Gasteiger partial charge in [-0.25, -0.2) is 0 Å². The van der Waals surface area contributed by atoms with Crippen molar-refractivity contribution in [3.8, 4) is 0 Å². The number of esters is 3. The van der Waals surface area contributed by atoms with Gasteiger partial charge in [-0.05, 0) is 103 Å². The Labute approximate surface area is 485 Å². The molecule has 0 amide bonds. The van der Waals surface area contributed by atoms with Gasteiger partial charge in [-0.2, -0.15) is 0 Å². The van der Waals surface area contributed by atoms with Crippen molar-refractivity contribution >= 4 is 17.9 Å². The minimum Gasteiger partial charge on any atom is -0.462 e. The quantitative estimate of drug-likeness (QED) is 0.0261. The van der Waals surface area contributed by atoms with Crippen molar-refractivity contribution < 1.29 is 28.6 Å². The number of unbranched alkanes of at least 4 members (excludes halogenated alkanes) is 42. The lowest BCUT2D eigenvalue weighted by Gasteiger charge is -2.18. The third-order valence-corrected chi connectivity index (χ3v) is 15.2. The standard InChI is InChI=1S/C72H130O6/c1-4-7-10-13-16-19-22-25-27-29-30-31-32-33-34-35-36-37-38-39-40-41-42-43-45-47-50-53-56-59-62-65-71(74)77-68-69(67-76-70(73)64-61-58-55-52-49-46-24-21-18-15-12-9-6-3)78-72(75)66-63-60-57-54-51-48-44-28-26-23-20-17-14-11-8-5-2/h9,12,18,21,28-30,44,46,49,69H,4-8,10-11,13-17,19-20,22-27,31-43,45,47-48,50-68H2,1-3H3/b12-9-,21-18-,30-29-,44-28-,49-46-. The summed E-state index contributed by atoms with van der Waals surface area (Å²) in [5, 5.41) is 0. The second-order valence-electron chi connectivity index (χ2n) is 23.1. The molecule has 0 fully saturated rings. The summed E-state index contributed by atoms with van der Waals surface area (Å²) in [4.78, 5) is 38.3. The van der Waals surface area contributed by atoms with Crippen LogP contribution in [0.25, 0.3) is 0 Å². The summed E-state index contributed by atoms with van der Waals surface area (Å²) in [5.41, 5.74) is 0. The van der Waals surface area contributed by atoms with Crippen molar-refractivity contribution in [1.29, 1.82) is 0 Å². The number of allylic oxidation sites excluding steroid dienone is 10. The van der Waals surface area contributed by atoms with E-state index in [1.165, 1.54) is 225 Å². The van der Waals surface area contributed by atoms with Crippen LogP contribution < -0.4 is 0 Å². The summed E-state index contributed by atoms with van der Waals surface area (Å²) in [5.74, 6) is -0.905. The Hall–Kier alpha value is -2.89. The van der Waals surface area contributed by atoms with Crippen LogP contribution in [-0.4, -0.2) is 37.2 Å². The minimum atomic E-state index is -0.790. The van der Waals surface area contributed by atoms with Gasteiger partial charge in [0, 0.05) is 19.3 Å². The van der Waals surface area contributed by atoms with Crippen LogP contribution in [0.3, 0.4) is 0 Å². The average molecular weight is 1090 g/mol. The zero-order valence-electron chi connectivity index (χ0n) is 52.2. The number of hydrogen-bond donors (Lipinski definition) is 0. The molecule has 0 aliphatic carbocycles. The Morgan fingerprint density at radius 2 is 0.500 bits per heavy atom. The predicted octanol–water partition coefficient (Wildman–Crippen LogP) is 23.5. The van der Waals surface area contributed by atoms with E-state index in [2.05, 4.69) is 81.5 Å². The molecule has 454 valence electrons. The highest BCUT2D eigenvalue weighted by atomic mass is 16.6. The van der Waals surface area contributed by atoms with E-state index in [4.69, 9.17) is 14.2 Å². The first-order valence-corrected chi connectivity index (χ1v) is 34.3. The second kappa shape index (κ2) is 66.6. The van der Waals surface area contributed by atoms with Crippen molar-refractivity contribution in [1.82, 2.24) is 0 Å². The molecule has 6 nitrogen and oxygen atoms in total. The summed E-state index contributed by atoms with van der Waals surface area (Å²) in [6.45, 7) is 6.54. The molecule has 1 atom stereocenters. The van der Waals surface area contributed by atoms with Gasteiger partial charge in [-0.3, -0.25) is 14.4 Å². The average Bonchev–Trinajstić information content (AvgIpc) is 3.44. The van der Waals surface area contributed by atoms with E-state index >= 15 is 0 Å². The minimum absolute atomic E-state index is 0.0840. The maximum Gasteiger partial charge on any atom is 0.306 e. The van der Waals surface area contributed by atoms with Gasteiger partial charge in [-0.15, -0.1) is 0 Å². The van der Waals surface area contributed by atoms with Gasteiger partial charge in [-0.1, -0.05) is 300 Å². The van der Waals surface area contributed by atoms with E-state index in [0.29, 0.717) is 19.3 Å². The lowest BCUT2D eigenvalue weighted by atomic mass is 10.0. The maximum atomic E-state index is 12.9. The lowest BCUT2D eigenvalue weighted by molar-refractivity contribution is -0.167. The number of hydrogen-bond acceptors (Lipinski definition) is 6. The van der Waals surface area contributed by atoms with Crippen LogP contribution in [0.5, 0.6) is 0 Å². The number of ether oxygens (including phenoxy) is 3. The topological polar surface area (TPSA) is 78.9 Å².